The molecule has 0 rings (SSSR count). The van der Waals surface area contributed by atoms with Crippen molar-refractivity contribution >= 4 is 12.3 Å². The first-order valence-electron chi connectivity index (χ1n) is 10.3. The van der Waals surface area contributed by atoms with Crippen LogP contribution in [0.4, 0.5) is 9.59 Å². The van der Waals surface area contributed by atoms with Crippen molar-refractivity contribution in [2.45, 2.75) is 80.1 Å². The molecule has 0 aromatic heterocycles. The molecule has 0 aliphatic heterocycles. The Balaban J connectivity index is -0.000000167. The second-order valence-electron chi connectivity index (χ2n) is 7.20. The monoisotopic (exact) mass is 444 g/mol. The van der Waals surface area contributed by atoms with Crippen LogP contribution >= 0.6 is 0 Å². The Kier molecular flexibility index (Phi) is 32.7. The molecule has 0 heterocycles. The molecular weight excluding hydrogens is 400 g/mol. The van der Waals surface area contributed by atoms with Gasteiger partial charge in [-0.15, -0.1) is 0 Å². The molecule has 0 aromatic carbocycles. The highest BCUT2D eigenvalue weighted by Gasteiger charge is 2.10. The predicted octanol–water partition coefficient (Wildman–Crippen LogP) is 6.32. The Hall–Kier alpha value is -1.62. The minimum Gasteiger partial charge on any atom is -0.450 e. The summed E-state index contributed by atoms with van der Waals surface area (Å²) in [5.41, 5.74) is 0. The van der Waals surface area contributed by atoms with Gasteiger partial charge in [-0.05, 0) is 36.5 Å². The van der Waals surface area contributed by atoms with Gasteiger partial charge in [0.25, 0.3) is 0 Å². The molecule has 6 N–H and O–H groups in total. The van der Waals surface area contributed by atoms with Crippen molar-refractivity contribution in [1.29, 1.82) is 0 Å². The first kappa shape index (κ1) is 35.8. The molecule has 0 amide bonds. The van der Waals surface area contributed by atoms with E-state index in [-0.39, 0.29) is 0 Å². The fourth-order valence-electron chi connectivity index (χ4n) is 2.77. The highest BCUT2D eigenvalue weighted by atomic mass is 17.1. The number of carboxylic acid groups (broad SMARTS) is 4. The summed E-state index contributed by atoms with van der Waals surface area (Å²) >= 11 is 0. The quantitative estimate of drug-likeness (QED) is 0.147. The summed E-state index contributed by atoms with van der Waals surface area (Å²) in [6.45, 7) is 14.0. The lowest BCUT2D eigenvalue weighted by Gasteiger charge is -2.16. The average Bonchev–Trinajstić information content (AvgIpc) is 2.64. The maximum absolute atomic E-state index is 8.56. The van der Waals surface area contributed by atoms with E-state index in [2.05, 4.69) is 51.3 Å². The van der Waals surface area contributed by atoms with E-state index < -0.39 is 12.3 Å². The maximum Gasteiger partial charge on any atom is 0.503 e. The van der Waals surface area contributed by atoms with Crippen LogP contribution in [0.5, 0.6) is 0 Å². The van der Waals surface area contributed by atoms with Crippen molar-refractivity contribution in [1.82, 2.24) is 0 Å². The van der Waals surface area contributed by atoms with Crippen molar-refractivity contribution in [3.05, 3.63) is 0 Å². The molecule has 0 radical (unpaired) electrons. The van der Waals surface area contributed by atoms with Crippen LogP contribution in [0.15, 0.2) is 0 Å². The van der Waals surface area contributed by atoms with E-state index >= 15 is 0 Å². The second-order valence-corrected chi connectivity index (χ2v) is 7.20. The molecule has 2 unspecified atom stereocenters. The van der Waals surface area contributed by atoms with E-state index in [1.165, 1.54) is 25.7 Å². The van der Waals surface area contributed by atoms with Gasteiger partial charge in [0.1, 0.15) is 0 Å². The number of hydrogen-bond donors (Lipinski definition) is 6. The van der Waals surface area contributed by atoms with Crippen molar-refractivity contribution in [3.8, 4) is 0 Å². The zero-order chi connectivity index (χ0) is 24.5. The van der Waals surface area contributed by atoms with Gasteiger partial charge in [-0.3, -0.25) is 10.5 Å². The SMILES string of the molecule is CCC(CC)CC(C)COO.CCC(CC)CC(C)COO.O=C(O)O.O=C(O)O. The highest BCUT2D eigenvalue weighted by Crippen LogP contribution is 2.19. The highest BCUT2D eigenvalue weighted by molar-refractivity contribution is 5.53. The Bertz CT molecular complexity index is 315. The summed E-state index contributed by atoms with van der Waals surface area (Å²) in [6, 6.07) is 0. The van der Waals surface area contributed by atoms with Crippen LogP contribution in [0, 0.1) is 23.7 Å². The molecule has 10 nitrogen and oxygen atoms in total. The third-order valence-corrected chi connectivity index (χ3v) is 4.50. The van der Waals surface area contributed by atoms with E-state index in [1.807, 2.05) is 0 Å². The van der Waals surface area contributed by atoms with Gasteiger partial charge in [0.05, 0.1) is 13.2 Å². The first-order chi connectivity index (χ1) is 13.9. The molecule has 2 atom stereocenters. The largest absolute Gasteiger partial charge is 0.503 e. The lowest BCUT2D eigenvalue weighted by molar-refractivity contribution is -0.250. The topological polar surface area (TPSA) is 174 Å². The van der Waals surface area contributed by atoms with Crippen molar-refractivity contribution in [2.24, 2.45) is 23.7 Å². The molecular formula is C20H44O10. The minimum absolute atomic E-state index is 0.469. The average molecular weight is 445 g/mol. The third-order valence-electron chi connectivity index (χ3n) is 4.50. The molecule has 0 fully saturated rings. The van der Waals surface area contributed by atoms with E-state index in [0.717, 1.165) is 24.7 Å². The van der Waals surface area contributed by atoms with Crippen LogP contribution in [0.2, 0.25) is 0 Å². The molecule has 0 aliphatic carbocycles. The molecule has 0 aliphatic rings. The first-order valence-corrected chi connectivity index (χ1v) is 10.3. The molecule has 0 bridgehead atoms. The lowest BCUT2D eigenvalue weighted by Crippen LogP contribution is -2.09. The van der Waals surface area contributed by atoms with Crippen molar-refractivity contribution in [2.75, 3.05) is 13.2 Å². The Morgan fingerprint density at radius 1 is 0.633 bits per heavy atom. The number of rotatable bonds is 12. The van der Waals surface area contributed by atoms with Gasteiger partial charge in [0.2, 0.25) is 0 Å². The number of hydrogen-bond acceptors (Lipinski definition) is 6. The molecule has 0 aromatic rings. The van der Waals surface area contributed by atoms with E-state index in [0.29, 0.717) is 25.0 Å². The maximum atomic E-state index is 8.56. The normalized spacial score (nSPS) is 11.8. The van der Waals surface area contributed by atoms with Gasteiger partial charge in [0, 0.05) is 0 Å². The zero-order valence-electron chi connectivity index (χ0n) is 19.3. The van der Waals surface area contributed by atoms with E-state index in [4.69, 9.17) is 40.5 Å². The minimum atomic E-state index is -1.83. The summed E-state index contributed by atoms with van der Waals surface area (Å²) < 4.78 is 0. The fourth-order valence-corrected chi connectivity index (χ4v) is 2.77. The Labute approximate surface area is 180 Å². The lowest BCUT2D eigenvalue weighted by atomic mass is 9.92. The molecule has 0 saturated heterocycles. The van der Waals surface area contributed by atoms with Crippen LogP contribution in [0.1, 0.15) is 80.1 Å². The van der Waals surface area contributed by atoms with Crippen LogP contribution in [-0.2, 0) is 9.78 Å². The van der Waals surface area contributed by atoms with E-state index in [1.54, 1.807) is 0 Å². The summed E-state index contributed by atoms with van der Waals surface area (Å²) in [5, 5.41) is 44.3. The van der Waals surface area contributed by atoms with Crippen LogP contribution in [0.3, 0.4) is 0 Å². The van der Waals surface area contributed by atoms with Gasteiger partial charge in [0.15, 0.2) is 0 Å². The number of carbonyl (C=O) groups is 2. The predicted molar refractivity (Wildman–Crippen MR) is 114 cm³/mol. The van der Waals surface area contributed by atoms with Crippen molar-refractivity contribution in [3.63, 3.8) is 0 Å². The van der Waals surface area contributed by atoms with Crippen LogP contribution < -0.4 is 0 Å². The molecule has 10 heteroatoms. The molecule has 184 valence electrons. The molecule has 0 spiro atoms. The summed E-state index contributed by atoms with van der Waals surface area (Å²) in [6.07, 6.45) is 3.57. The Morgan fingerprint density at radius 3 is 0.967 bits per heavy atom. The summed E-state index contributed by atoms with van der Waals surface area (Å²) in [4.78, 5) is 25.3. The standard InChI is InChI=1S/2C9H20O2.2CH2O3/c2*1-4-9(5-2)6-8(3)7-11-10;2*2-1(3)4/h2*8-10H,4-7H2,1-3H3;2*(H2,2,3,4). The molecule has 30 heavy (non-hydrogen) atoms. The smallest absolute Gasteiger partial charge is 0.450 e. The molecule has 0 saturated carbocycles. The van der Waals surface area contributed by atoms with Crippen LogP contribution in [-0.4, -0.2) is 56.5 Å². The van der Waals surface area contributed by atoms with Crippen molar-refractivity contribution < 1.29 is 50.3 Å². The summed E-state index contributed by atoms with van der Waals surface area (Å²) in [7, 11) is 0. The van der Waals surface area contributed by atoms with Gasteiger partial charge >= 0.3 is 12.3 Å². The Morgan fingerprint density at radius 2 is 0.833 bits per heavy atom. The van der Waals surface area contributed by atoms with Crippen LogP contribution in [0.25, 0.3) is 0 Å². The van der Waals surface area contributed by atoms with E-state index in [9.17, 15) is 0 Å². The van der Waals surface area contributed by atoms with Gasteiger partial charge < -0.3 is 20.4 Å². The van der Waals surface area contributed by atoms with Gasteiger partial charge in [-0.1, -0.05) is 67.2 Å². The van der Waals surface area contributed by atoms with Gasteiger partial charge in [-0.25, -0.2) is 19.4 Å². The summed E-state index contributed by atoms with van der Waals surface area (Å²) in [5.74, 6) is 2.54. The third kappa shape index (κ3) is 40.9. The fraction of sp³-hybridized carbons (Fsp3) is 0.900. The van der Waals surface area contributed by atoms with Gasteiger partial charge in [-0.2, -0.15) is 0 Å². The zero-order valence-corrected chi connectivity index (χ0v) is 19.3. The second kappa shape index (κ2) is 27.4.